The van der Waals surface area contributed by atoms with E-state index in [0.29, 0.717) is 0 Å². The van der Waals surface area contributed by atoms with Crippen LogP contribution in [0.2, 0.25) is 0 Å². The number of aromatic hydroxyl groups is 2. The van der Waals surface area contributed by atoms with Gasteiger partial charge in [-0.05, 0) is 36.2 Å². The number of hydrogen-bond donors (Lipinski definition) is 2. The van der Waals surface area contributed by atoms with Crippen LogP contribution in [0.15, 0.2) is 53.3 Å². The molecule has 24 heavy (non-hydrogen) atoms. The highest BCUT2D eigenvalue weighted by molar-refractivity contribution is 5.45. The third-order valence-electron chi connectivity index (χ3n) is 4.45. The Hall–Kier alpha value is -2.53. The minimum absolute atomic E-state index is 0.0630. The molecule has 0 bridgehead atoms. The summed E-state index contributed by atoms with van der Waals surface area (Å²) in [6.45, 7) is 4.37. The zero-order valence-electron chi connectivity index (χ0n) is 13.6. The van der Waals surface area contributed by atoms with Crippen molar-refractivity contribution in [2.75, 3.05) is 37.6 Å². The maximum Gasteiger partial charge on any atom is 0.201 e. The van der Waals surface area contributed by atoms with E-state index >= 15 is 0 Å². The monoisotopic (exact) mass is 326 g/mol. The molecule has 126 valence electrons. The molecule has 0 unspecified atom stereocenters. The van der Waals surface area contributed by atoms with Gasteiger partial charge in [-0.25, -0.2) is 0 Å². The molecule has 0 aliphatic carbocycles. The van der Waals surface area contributed by atoms with Crippen LogP contribution in [0.5, 0.6) is 11.5 Å². The van der Waals surface area contributed by atoms with E-state index in [1.54, 1.807) is 18.2 Å². The summed E-state index contributed by atoms with van der Waals surface area (Å²) in [5, 5.41) is 18.9. The molecule has 3 rings (SSSR count). The first-order valence-electron chi connectivity index (χ1n) is 8.21. The van der Waals surface area contributed by atoms with E-state index in [9.17, 15) is 15.0 Å². The lowest BCUT2D eigenvalue weighted by Gasteiger charge is -2.35. The van der Waals surface area contributed by atoms with E-state index in [4.69, 9.17) is 0 Å². The summed E-state index contributed by atoms with van der Waals surface area (Å²) in [4.78, 5) is 16.6. The summed E-state index contributed by atoms with van der Waals surface area (Å²) in [6, 6.07) is 14.0. The van der Waals surface area contributed by atoms with Gasteiger partial charge < -0.3 is 15.1 Å². The fraction of sp³-hybridized carbons (Fsp3) is 0.316. The Kier molecular flexibility index (Phi) is 5.01. The largest absolute Gasteiger partial charge is 0.504 e. The molecule has 2 aromatic carbocycles. The highest BCUT2D eigenvalue weighted by Gasteiger charge is 2.18. The lowest BCUT2D eigenvalue weighted by molar-refractivity contribution is 0.261. The number of anilines is 1. The molecule has 0 atom stereocenters. The van der Waals surface area contributed by atoms with Crippen molar-refractivity contribution in [1.29, 1.82) is 0 Å². The minimum Gasteiger partial charge on any atom is -0.504 e. The van der Waals surface area contributed by atoms with Crippen molar-refractivity contribution >= 4 is 5.69 Å². The molecule has 0 amide bonds. The van der Waals surface area contributed by atoms with Crippen LogP contribution < -0.4 is 10.3 Å². The second-order valence-electron chi connectivity index (χ2n) is 6.06. The Morgan fingerprint density at radius 3 is 2.38 bits per heavy atom. The molecule has 2 aromatic rings. The first-order chi connectivity index (χ1) is 11.6. The predicted octanol–water partition coefficient (Wildman–Crippen LogP) is 1.82. The average Bonchev–Trinajstić information content (AvgIpc) is 2.81. The maximum absolute atomic E-state index is 12.1. The molecule has 5 heteroatoms. The molecular weight excluding hydrogens is 304 g/mol. The summed E-state index contributed by atoms with van der Waals surface area (Å²) in [5.74, 6) is -0.158. The molecule has 2 N–H and O–H groups in total. The lowest BCUT2D eigenvalue weighted by Crippen LogP contribution is -2.48. The van der Waals surface area contributed by atoms with Gasteiger partial charge in [0, 0.05) is 32.7 Å². The van der Waals surface area contributed by atoms with Gasteiger partial charge in [-0.15, -0.1) is 0 Å². The molecule has 0 radical (unpaired) electrons. The summed E-state index contributed by atoms with van der Waals surface area (Å²) < 4.78 is 0. The fourth-order valence-electron chi connectivity index (χ4n) is 3.01. The lowest BCUT2D eigenvalue weighted by atomic mass is 10.1. The van der Waals surface area contributed by atoms with E-state index in [0.717, 1.165) is 50.4 Å². The Bertz CT molecular complexity index is 755. The summed E-state index contributed by atoms with van der Waals surface area (Å²) in [5.41, 5.74) is 1.83. The van der Waals surface area contributed by atoms with Gasteiger partial charge in [0.25, 0.3) is 0 Å². The van der Waals surface area contributed by atoms with Crippen LogP contribution >= 0.6 is 0 Å². The fourth-order valence-corrected chi connectivity index (χ4v) is 3.01. The zero-order valence-corrected chi connectivity index (χ0v) is 13.6. The molecule has 1 aliphatic rings. The number of rotatable bonds is 4. The van der Waals surface area contributed by atoms with Gasteiger partial charge in [-0.1, -0.05) is 24.3 Å². The van der Waals surface area contributed by atoms with Crippen molar-refractivity contribution in [3.8, 4) is 11.5 Å². The molecular formula is C19H22N2O3. The van der Waals surface area contributed by atoms with Crippen molar-refractivity contribution < 1.29 is 10.2 Å². The van der Waals surface area contributed by atoms with Gasteiger partial charge in [-0.3, -0.25) is 9.69 Å². The van der Waals surface area contributed by atoms with Gasteiger partial charge >= 0.3 is 0 Å². The van der Waals surface area contributed by atoms with Crippen LogP contribution in [0, 0.1) is 0 Å². The van der Waals surface area contributed by atoms with Gasteiger partial charge in [-0.2, -0.15) is 0 Å². The van der Waals surface area contributed by atoms with Crippen LogP contribution in [-0.4, -0.2) is 47.8 Å². The smallest absolute Gasteiger partial charge is 0.201 e. The molecule has 1 aliphatic heterocycles. The van der Waals surface area contributed by atoms with E-state index in [1.165, 1.54) is 6.07 Å². The zero-order chi connectivity index (χ0) is 16.9. The second kappa shape index (κ2) is 7.36. The molecule has 0 spiro atoms. The highest BCUT2D eigenvalue weighted by atomic mass is 16.3. The van der Waals surface area contributed by atoms with Crippen molar-refractivity contribution in [3.63, 3.8) is 0 Å². The standard InChI is InChI=1S/C19H22N2O3/c22-17-5-3-1-2-4-16(17)21-12-10-20(11-13-21)9-8-15-6-7-18(23)19(24)14-15/h1-7,14,23-24H,8-13H2. The number of phenolic OH excluding ortho intramolecular Hbond substituents is 2. The van der Waals surface area contributed by atoms with Gasteiger partial charge in [0.05, 0.1) is 5.69 Å². The van der Waals surface area contributed by atoms with E-state index in [-0.39, 0.29) is 16.9 Å². The van der Waals surface area contributed by atoms with Crippen LogP contribution in [0.25, 0.3) is 0 Å². The van der Waals surface area contributed by atoms with Crippen molar-refractivity contribution in [2.24, 2.45) is 0 Å². The Morgan fingerprint density at radius 2 is 1.62 bits per heavy atom. The first-order valence-corrected chi connectivity index (χ1v) is 8.21. The first kappa shape index (κ1) is 16.3. The number of benzene rings is 1. The van der Waals surface area contributed by atoms with E-state index in [2.05, 4.69) is 9.80 Å². The summed E-state index contributed by atoms with van der Waals surface area (Å²) in [6.07, 6.45) is 0.820. The highest BCUT2D eigenvalue weighted by Crippen LogP contribution is 2.25. The van der Waals surface area contributed by atoms with Crippen LogP contribution in [0.3, 0.4) is 0 Å². The van der Waals surface area contributed by atoms with Crippen LogP contribution in [0.4, 0.5) is 5.69 Å². The molecule has 1 saturated heterocycles. The number of phenols is 2. The van der Waals surface area contributed by atoms with Gasteiger partial charge in [0.2, 0.25) is 5.43 Å². The SMILES string of the molecule is O=c1cccccc1N1CCN(CCc2ccc(O)c(O)c2)CC1. The molecule has 0 saturated carbocycles. The van der Waals surface area contributed by atoms with Crippen LogP contribution in [-0.2, 0) is 6.42 Å². The van der Waals surface area contributed by atoms with E-state index in [1.807, 2.05) is 24.3 Å². The summed E-state index contributed by atoms with van der Waals surface area (Å²) in [7, 11) is 0. The van der Waals surface area contributed by atoms with E-state index < -0.39 is 0 Å². The minimum atomic E-state index is -0.0863. The Morgan fingerprint density at radius 1 is 0.875 bits per heavy atom. The second-order valence-corrected chi connectivity index (χ2v) is 6.06. The number of piperazine rings is 1. The van der Waals surface area contributed by atoms with Gasteiger partial charge in [0.1, 0.15) is 0 Å². The number of hydrogen-bond acceptors (Lipinski definition) is 5. The molecule has 5 nitrogen and oxygen atoms in total. The molecule has 0 aromatic heterocycles. The summed E-state index contributed by atoms with van der Waals surface area (Å²) >= 11 is 0. The van der Waals surface area contributed by atoms with Crippen molar-refractivity contribution in [3.05, 3.63) is 64.3 Å². The van der Waals surface area contributed by atoms with Gasteiger partial charge in [0.15, 0.2) is 11.5 Å². The molecule has 1 fully saturated rings. The Labute approximate surface area is 141 Å². The van der Waals surface area contributed by atoms with Crippen molar-refractivity contribution in [1.82, 2.24) is 4.90 Å². The Balaban J connectivity index is 1.55. The predicted molar refractivity (Wildman–Crippen MR) is 94.8 cm³/mol. The van der Waals surface area contributed by atoms with Crippen molar-refractivity contribution in [2.45, 2.75) is 6.42 Å². The third kappa shape index (κ3) is 3.86. The normalized spacial score (nSPS) is 15.4. The van der Waals surface area contributed by atoms with Crippen LogP contribution in [0.1, 0.15) is 5.56 Å². The average molecular weight is 326 g/mol. The quantitative estimate of drug-likeness (QED) is 0.839. The molecule has 1 heterocycles. The third-order valence-corrected chi connectivity index (χ3v) is 4.45. The topological polar surface area (TPSA) is 64.0 Å². The number of nitrogens with zero attached hydrogens (tertiary/aromatic N) is 2. The maximum atomic E-state index is 12.1.